The lowest BCUT2D eigenvalue weighted by Gasteiger charge is -2.27. The van der Waals surface area contributed by atoms with E-state index in [1.54, 1.807) is 0 Å². The maximum Gasteiger partial charge on any atom is 0.234 e. The number of rotatable bonds is 3. The summed E-state index contributed by atoms with van der Waals surface area (Å²) in [4.78, 5) is 14.5. The van der Waals surface area contributed by atoms with Crippen LogP contribution in [-0.4, -0.2) is 42.6 Å². The van der Waals surface area contributed by atoms with Crippen molar-refractivity contribution < 1.29 is 14.3 Å². The monoisotopic (exact) mass is 332 g/mol. The number of nitrogens with one attached hydrogen (secondary N) is 1. The normalized spacial score (nSPS) is 21.4. The number of ether oxygens (including phenoxy) is 2. The Labute approximate surface area is 144 Å². The first kappa shape index (κ1) is 17.1. The van der Waals surface area contributed by atoms with E-state index in [1.165, 1.54) is 5.56 Å². The quantitative estimate of drug-likeness (QED) is 0.925. The SMILES string of the molecule is CC(C)(C)NC(=O)CN1CCC[C@@H]1c1ccc2c(c1)OCCCO2. The molecule has 1 N–H and O–H groups in total. The number of hydrogen-bond acceptors (Lipinski definition) is 4. The molecule has 5 nitrogen and oxygen atoms in total. The fraction of sp³-hybridized carbons (Fsp3) is 0.632. The number of carbonyl (C=O) groups excluding carboxylic acids is 1. The van der Waals surface area contributed by atoms with E-state index in [-0.39, 0.29) is 17.5 Å². The number of likely N-dealkylation sites (tertiary alicyclic amines) is 1. The van der Waals surface area contributed by atoms with Crippen LogP contribution in [0.1, 0.15) is 51.6 Å². The van der Waals surface area contributed by atoms with Crippen LogP contribution >= 0.6 is 0 Å². The highest BCUT2D eigenvalue weighted by Gasteiger charge is 2.29. The molecule has 0 spiro atoms. The van der Waals surface area contributed by atoms with Gasteiger partial charge in [-0.15, -0.1) is 0 Å². The maximum absolute atomic E-state index is 12.3. The second kappa shape index (κ2) is 7.01. The van der Waals surface area contributed by atoms with Crippen LogP contribution in [0.4, 0.5) is 0 Å². The lowest BCUT2D eigenvalue weighted by Crippen LogP contribution is -2.45. The van der Waals surface area contributed by atoms with Crippen molar-refractivity contribution in [3.05, 3.63) is 23.8 Å². The number of benzene rings is 1. The fourth-order valence-corrected chi connectivity index (χ4v) is 3.42. The molecule has 24 heavy (non-hydrogen) atoms. The number of amides is 1. The molecule has 3 rings (SSSR count). The third-order valence-electron chi connectivity index (χ3n) is 4.38. The van der Waals surface area contributed by atoms with Gasteiger partial charge in [-0.2, -0.15) is 0 Å². The minimum Gasteiger partial charge on any atom is -0.490 e. The van der Waals surface area contributed by atoms with Crippen LogP contribution in [0.15, 0.2) is 18.2 Å². The van der Waals surface area contributed by atoms with Crippen molar-refractivity contribution >= 4 is 5.91 Å². The predicted octanol–water partition coefficient (Wildman–Crippen LogP) is 2.90. The topological polar surface area (TPSA) is 50.8 Å². The van der Waals surface area contributed by atoms with E-state index in [4.69, 9.17) is 9.47 Å². The van der Waals surface area contributed by atoms with E-state index in [2.05, 4.69) is 22.3 Å². The smallest absolute Gasteiger partial charge is 0.234 e. The number of carbonyl (C=O) groups is 1. The van der Waals surface area contributed by atoms with Gasteiger partial charge >= 0.3 is 0 Å². The minimum absolute atomic E-state index is 0.0868. The van der Waals surface area contributed by atoms with E-state index in [0.29, 0.717) is 19.8 Å². The minimum atomic E-state index is -0.193. The van der Waals surface area contributed by atoms with Crippen LogP contribution < -0.4 is 14.8 Å². The molecule has 2 aliphatic rings. The van der Waals surface area contributed by atoms with Crippen molar-refractivity contribution in [3.8, 4) is 11.5 Å². The molecule has 1 amide bonds. The molecule has 132 valence electrons. The zero-order valence-electron chi connectivity index (χ0n) is 14.9. The molecule has 0 unspecified atom stereocenters. The summed E-state index contributed by atoms with van der Waals surface area (Å²) >= 11 is 0. The van der Waals surface area contributed by atoms with Crippen LogP contribution in [0.25, 0.3) is 0 Å². The highest BCUT2D eigenvalue weighted by Crippen LogP contribution is 2.37. The summed E-state index contributed by atoms with van der Waals surface area (Å²) in [5.41, 5.74) is 1.02. The summed E-state index contributed by atoms with van der Waals surface area (Å²) < 4.78 is 11.5. The van der Waals surface area contributed by atoms with Crippen LogP contribution in [0.2, 0.25) is 0 Å². The maximum atomic E-state index is 12.3. The molecule has 1 fully saturated rings. The van der Waals surface area contributed by atoms with Gasteiger partial charge in [0.25, 0.3) is 0 Å². The average Bonchev–Trinajstić information content (AvgIpc) is 2.81. The molecule has 0 saturated carbocycles. The molecule has 0 radical (unpaired) electrons. The molecule has 2 heterocycles. The second-order valence-electron chi connectivity index (χ2n) is 7.68. The van der Waals surface area contributed by atoms with Crippen LogP contribution in [0, 0.1) is 0 Å². The van der Waals surface area contributed by atoms with Gasteiger partial charge in [0.1, 0.15) is 0 Å². The van der Waals surface area contributed by atoms with Gasteiger partial charge in [-0.3, -0.25) is 9.69 Å². The lowest BCUT2D eigenvalue weighted by molar-refractivity contribution is -0.123. The summed E-state index contributed by atoms with van der Waals surface area (Å²) in [7, 11) is 0. The van der Waals surface area contributed by atoms with E-state index in [9.17, 15) is 4.79 Å². The van der Waals surface area contributed by atoms with Crippen LogP contribution in [0.3, 0.4) is 0 Å². The zero-order chi connectivity index (χ0) is 17.2. The van der Waals surface area contributed by atoms with Gasteiger partial charge in [0.2, 0.25) is 5.91 Å². The van der Waals surface area contributed by atoms with E-state index < -0.39 is 0 Å². The lowest BCUT2D eigenvalue weighted by atomic mass is 10.0. The Bertz CT molecular complexity index is 595. The molecule has 2 aliphatic heterocycles. The molecule has 1 aromatic carbocycles. The molecule has 0 aromatic heterocycles. The summed E-state index contributed by atoms with van der Waals surface area (Å²) in [5.74, 6) is 1.74. The predicted molar refractivity (Wildman–Crippen MR) is 93.5 cm³/mol. The molecule has 1 saturated heterocycles. The van der Waals surface area contributed by atoms with E-state index >= 15 is 0 Å². The molecule has 5 heteroatoms. The Morgan fingerprint density at radius 2 is 1.96 bits per heavy atom. The summed E-state index contributed by atoms with van der Waals surface area (Å²) in [6, 6.07) is 6.47. The first-order valence-electron chi connectivity index (χ1n) is 8.87. The Kier molecular flexibility index (Phi) is 4.99. The zero-order valence-corrected chi connectivity index (χ0v) is 14.9. The first-order valence-corrected chi connectivity index (χ1v) is 8.87. The van der Waals surface area contributed by atoms with E-state index in [1.807, 2.05) is 26.8 Å². The number of nitrogens with zero attached hydrogens (tertiary/aromatic N) is 1. The number of fused-ring (bicyclic) bond motifs is 1. The van der Waals surface area contributed by atoms with Crippen molar-refractivity contribution in [2.75, 3.05) is 26.3 Å². The van der Waals surface area contributed by atoms with E-state index in [0.717, 1.165) is 37.3 Å². The van der Waals surface area contributed by atoms with Gasteiger partial charge in [0, 0.05) is 18.0 Å². The number of hydrogen-bond donors (Lipinski definition) is 1. The van der Waals surface area contributed by atoms with Crippen molar-refractivity contribution in [2.24, 2.45) is 0 Å². The molecular weight excluding hydrogens is 304 g/mol. The van der Waals surface area contributed by atoms with Crippen molar-refractivity contribution in [1.29, 1.82) is 0 Å². The third kappa shape index (κ3) is 4.20. The largest absolute Gasteiger partial charge is 0.490 e. The summed E-state index contributed by atoms with van der Waals surface area (Å²) in [6.45, 7) is 8.82. The Morgan fingerprint density at radius 3 is 2.71 bits per heavy atom. The summed E-state index contributed by atoms with van der Waals surface area (Å²) in [6.07, 6.45) is 3.09. The Balaban J connectivity index is 1.71. The van der Waals surface area contributed by atoms with Crippen molar-refractivity contribution in [1.82, 2.24) is 10.2 Å². The van der Waals surface area contributed by atoms with Gasteiger partial charge in [0.05, 0.1) is 19.8 Å². The molecule has 1 aromatic rings. The highest BCUT2D eigenvalue weighted by atomic mass is 16.5. The van der Waals surface area contributed by atoms with Gasteiger partial charge in [-0.05, 0) is 57.9 Å². The summed E-state index contributed by atoms with van der Waals surface area (Å²) in [5, 5.41) is 3.05. The fourth-order valence-electron chi connectivity index (χ4n) is 3.42. The Morgan fingerprint density at radius 1 is 1.21 bits per heavy atom. The van der Waals surface area contributed by atoms with Crippen molar-refractivity contribution in [2.45, 2.75) is 51.6 Å². The Hall–Kier alpha value is -1.75. The average molecular weight is 332 g/mol. The highest BCUT2D eigenvalue weighted by molar-refractivity contribution is 5.78. The first-order chi connectivity index (χ1) is 11.4. The molecular formula is C19H28N2O3. The van der Waals surface area contributed by atoms with Crippen molar-refractivity contribution in [3.63, 3.8) is 0 Å². The van der Waals surface area contributed by atoms with Crippen LogP contribution in [-0.2, 0) is 4.79 Å². The van der Waals surface area contributed by atoms with Crippen LogP contribution in [0.5, 0.6) is 11.5 Å². The second-order valence-corrected chi connectivity index (χ2v) is 7.68. The van der Waals surface area contributed by atoms with Gasteiger partial charge in [-0.1, -0.05) is 6.07 Å². The molecule has 1 atom stereocenters. The third-order valence-corrected chi connectivity index (χ3v) is 4.38. The molecule has 0 bridgehead atoms. The molecule has 0 aliphatic carbocycles. The van der Waals surface area contributed by atoms with Gasteiger partial charge < -0.3 is 14.8 Å². The van der Waals surface area contributed by atoms with Gasteiger partial charge in [0.15, 0.2) is 11.5 Å². The van der Waals surface area contributed by atoms with Gasteiger partial charge in [-0.25, -0.2) is 0 Å². The standard InChI is InChI=1S/C19H28N2O3/c1-19(2,3)20-18(22)13-21-9-4-6-15(21)14-7-8-16-17(12-14)24-11-5-10-23-16/h7-8,12,15H,4-6,9-11,13H2,1-3H3,(H,20,22)/t15-/m1/s1.